The van der Waals surface area contributed by atoms with E-state index >= 15 is 0 Å². The quantitative estimate of drug-likeness (QED) is 0.798. The summed E-state index contributed by atoms with van der Waals surface area (Å²) in [6.45, 7) is 1.69. The molecular weight excluding hydrogens is 303 g/mol. The van der Waals surface area contributed by atoms with Crippen molar-refractivity contribution in [2.45, 2.75) is 23.8 Å². The predicted octanol–water partition coefficient (Wildman–Crippen LogP) is 0.605. The summed E-state index contributed by atoms with van der Waals surface area (Å²) in [6, 6.07) is 3.66. The number of thiocarbonyl (C=S) groups is 1. The number of nitrogens with two attached hydrogens (primary N) is 1. The van der Waals surface area contributed by atoms with Crippen molar-refractivity contribution in [1.29, 1.82) is 0 Å². The molecule has 0 aromatic heterocycles. The molecule has 0 aliphatic carbocycles. The van der Waals surface area contributed by atoms with Crippen molar-refractivity contribution in [2.24, 2.45) is 5.73 Å². The smallest absolute Gasteiger partial charge is 0.243 e. The Labute approximate surface area is 122 Å². The van der Waals surface area contributed by atoms with Gasteiger partial charge in [0.25, 0.3) is 0 Å². The molecule has 1 aromatic rings. The van der Waals surface area contributed by atoms with E-state index in [1.165, 1.54) is 12.1 Å². The summed E-state index contributed by atoms with van der Waals surface area (Å²) in [5.41, 5.74) is 4.06. The molecule has 0 bridgehead atoms. The van der Waals surface area contributed by atoms with E-state index in [1.807, 2.05) is 0 Å². The molecule has 1 aliphatic rings. The molecule has 5 nitrogen and oxygen atoms in total. The average molecular weight is 318 g/mol. The molecule has 1 fully saturated rings. The van der Waals surface area contributed by atoms with Crippen LogP contribution in [0.1, 0.15) is 18.9 Å². The third-order valence-electron chi connectivity index (χ3n) is 3.26. The SMILES string of the molecule is CC1(O)CCN(S(=O)(=O)c2cccc(F)c2C(N)=S)C1. The van der Waals surface area contributed by atoms with Gasteiger partial charge < -0.3 is 10.8 Å². The molecule has 1 atom stereocenters. The topological polar surface area (TPSA) is 83.6 Å². The molecule has 2 rings (SSSR count). The molecule has 1 saturated heterocycles. The molecule has 0 amide bonds. The number of hydrogen-bond donors (Lipinski definition) is 2. The maximum Gasteiger partial charge on any atom is 0.243 e. The van der Waals surface area contributed by atoms with Crippen LogP contribution < -0.4 is 5.73 Å². The Balaban J connectivity index is 2.51. The van der Waals surface area contributed by atoms with Crippen LogP contribution in [0.25, 0.3) is 0 Å². The molecule has 8 heteroatoms. The van der Waals surface area contributed by atoms with Gasteiger partial charge in [-0.05, 0) is 25.5 Å². The first kappa shape index (κ1) is 15.3. The van der Waals surface area contributed by atoms with E-state index in [9.17, 15) is 17.9 Å². The summed E-state index contributed by atoms with van der Waals surface area (Å²) in [5, 5.41) is 9.88. The Bertz CT molecular complexity index is 659. The Morgan fingerprint density at radius 3 is 2.70 bits per heavy atom. The molecule has 1 aliphatic heterocycles. The van der Waals surface area contributed by atoms with E-state index in [4.69, 9.17) is 18.0 Å². The summed E-state index contributed by atoms with van der Waals surface area (Å²) in [5.74, 6) is -0.774. The molecule has 20 heavy (non-hydrogen) atoms. The van der Waals surface area contributed by atoms with E-state index in [0.29, 0.717) is 6.42 Å². The highest BCUT2D eigenvalue weighted by Gasteiger charge is 2.39. The van der Waals surface area contributed by atoms with Gasteiger partial charge in [-0.2, -0.15) is 4.31 Å². The van der Waals surface area contributed by atoms with Crippen LogP contribution in [0.15, 0.2) is 23.1 Å². The van der Waals surface area contributed by atoms with Crippen molar-refractivity contribution in [2.75, 3.05) is 13.1 Å². The number of benzene rings is 1. The summed E-state index contributed by atoms with van der Waals surface area (Å²) in [6.07, 6.45) is 0.323. The minimum atomic E-state index is -3.94. The van der Waals surface area contributed by atoms with Crippen LogP contribution in [0.3, 0.4) is 0 Å². The Hall–Kier alpha value is -1.09. The number of halogens is 1. The van der Waals surface area contributed by atoms with Gasteiger partial charge in [0.2, 0.25) is 10.0 Å². The largest absolute Gasteiger partial charge is 0.389 e. The minimum absolute atomic E-state index is 0.0391. The predicted molar refractivity (Wildman–Crippen MR) is 76.3 cm³/mol. The van der Waals surface area contributed by atoms with E-state index in [-0.39, 0.29) is 28.5 Å². The first-order chi connectivity index (χ1) is 9.15. The standard InChI is InChI=1S/C12H15FN2O3S2/c1-12(16)5-6-15(7-12)20(17,18)9-4-2-3-8(13)10(9)11(14)19/h2-4,16H,5-7H2,1H3,(H2,14,19). The van der Waals surface area contributed by atoms with Crippen molar-refractivity contribution < 1.29 is 17.9 Å². The second-order valence-electron chi connectivity index (χ2n) is 5.06. The normalized spacial score (nSPS) is 23.9. The highest BCUT2D eigenvalue weighted by Crippen LogP contribution is 2.29. The van der Waals surface area contributed by atoms with E-state index in [2.05, 4.69) is 0 Å². The molecule has 0 radical (unpaired) electrons. The molecule has 0 spiro atoms. The van der Waals surface area contributed by atoms with Gasteiger partial charge in [0.15, 0.2) is 0 Å². The molecular formula is C12H15FN2O3S2. The lowest BCUT2D eigenvalue weighted by molar-refractivity contribution is 0.0762. The van der Waals surface area contributed by atoms with Gasteiger partial charge in [-0.25, -0.2) is 12.8 Å². The second kappa shape index (κ2) is 5.03. The highest BCUT2D eigenvalue weighted by atomic mass is 32.2. The van der Waals surface area contributed by atoms with E-state index < -0.39 is 21.4 Å². The first-order valence-corrected chi connectivity index (χ1v) is 7.81. The zero-order valence-electron chi connectivity index (χ0n) is 10.8. The Morgan fingerprint density at radius 2 is 2.20 bits per heavy atom. The van der Waals surface area contributed by atoms with E-state index in [0.717, 1.165) is 10.4 Å². The monoisotopic (exact) mass is 318 g/mol. The molecule has 1 unspecified atom stereocenters. The van der Waals surface area contributed by atoms with Crippen molar-refractivity contribution in [3.8, 4) is 0 Å². The van der Waals surface area contributed by atoms with Crippen molar-refractivity contribution in [1.82, 2.24) is 4.31 Å². The van der Waals surface area contributed by atoms with Crippen molar-refractivity contribution in [3.05, 3.63) is 29.6 Å². The number of nitrogens with zero attached hydrogens (tertiary/aromatic N) is 1. The molecule has 110 valence electrons. The average Bonchev–Trinajstić information content (AvgIpc) is 2.69. The zero-order valence-corrected chi connectivity index (χ0v) is 12.5. The molecule has 1 heterocycles. The zero-order chi connectivity index (χ0) is 15.1. The molecule has 0 saturated carbocycles. The lowest BCUT2D eigenvalue weighted by atomic mass is 10.1. The van der Waals surface area contributed by atoms with Crippen LogP contribution in [0, 0.1) is 5.82 Å². The molecule has 1 aromatic carbocycles. The third kappa shape index (κ3) is 2.69. The van der Waals surface area contributed by atoms with Crippen LogP contribution in [-0.2, 0) is 10.0 Å². The number of rotatable bonds is 3. The summed E-state index contributed by atoms with van der Waals surface area (Å²) >= 11 is 4.73. The summed E-state index contributed by atoms with van der Waals surface area (Å²) < 4.78 is 40.0. The van der Waals surface area contributed by atoms with Crippen LogP contribution >= 0.6 is 12.2 Å². The fourth-order valence-electron chi connectivity index (χ4n) is 2.21. The van der Waals surface area contributed by atoms with Gasteiger partial charge in [0.1, 0.15) is 10.8 Å². The molecule has 3 N–H and O–H groups in total. The van der Waals surface area contributed by atoms with Crippen molar-refractivity contribution >= 4 is 27.2 Å². The second-order valence-corrected chi connectivity index (χ2v) is 7.41. The lowest BCUT2D eigenvalue weighted by Gasteiger charge is -2.20. The number of β-amino-alcohol motifs (C(OH)–C–C–N with tert-alkyl or cyclic N) is 1. The van der Waals surface area contributed by atoms with Crippen LogP contribution in [0.4, 0.5) is 4.39 Å². The maximum atomic E-state index is 13.8. The van der Waals surface area contributed by atoms with Crippen LogP contribution in [-0.4, -0.2) is 41.5 Å². The fraction of sp³-hybridized carbons (Fsp3) is 0.417. The van der Waals surface area contributed by atoms with Crippen molar-refractivity contribution in [3.63, 3.8) is 0 Å². The van der Waals surface area contributed by atoms with Gasteiger partial charge in [-0.1, -0.05) is 18.3 Å². The number of sulfonamides is 1. The van der Waals surface area contributed by atoms with Gasteiger partial charge in [0.05, 0.1) is 16.1 Å². The van der Waals surface area contributed by atoms with Gasteiger partial charge in [0, 0.05) is 13.1 Å². The fourth-order valence-corrected chi connectivity index (χ4v) is 4.25. The maximum absolute atomic E-state index is 13.8. The number of aliphatic hydroxyl groups is 1. The summed E-state index contributed by atoms with van der Waals surface area (Å²) in [7, 11) is -3.94. The third-order valence-corrected chi connectivity index (χ3v) is 5.35. The lowest BCUT2D eigenvalue weighted by Crippen LogP contribution is -2.35. The minimum Gasteiger partial charge on any atom is -0.389 e. The van der Waals surface area contributed by atoms with Crippen LogP contribution in [0.2, 0.25) is 0 Å². The van der Waals surface area contributed by atoms with Gasteiger partial charge in [-0.3, -0.25) is 0 Å². The van der Waals surface area contributed by atoms with Crippen LogP contribution in [0.5, 0.6) is 0 Å². The van der Waals surface area contributed by atoms with Gasteiger partial charge >= 0.3 is 0 Å². The number of hydrogen-bond acceptors (Lipinski definition) is 4. The Morgan fingerprint density at radius 1 is 1.55 bits per heavy atom. The van der Waals surface area contributed by atoms with E-state index in [1.54, 1.807) is 6.92 Å². The van der Waals surface area contributed by atoms with Gasteiger partial charge in [-0.15, -0.1) is 0 Å². The first-order valence-electron chi connectivity index (χ1n) is 5.96. The Kier molecular flexibility index (Phi) is 3.85. The summed E-state index contributed by atoms with van der Waals surface area (Å²) in [4.78, 5) is -0.574. The highest BCUT2D eigenvalue weighted by molar-refractivity contribution is 7.89.